The topological polar surface area (TPSA) is 26.0 Å². The first-order valence-electron chi connectivity index (χ1n) is 4.83. The Bertz CT molecular complexity index is 396. The molecule has 0 aliphatic carbocycles. The molecule has 1 nitrogen and oxygen atoms in total. The van der Waals surface area contributed by atoms with Crippen molar-refractivity contribution >= 4 is 0 Å². The van der Waals surface area contributed by atoms with Crippen LogP contribution in [-0.4, -0.2) is 5.54 Å². The normalized spacial score (nSPS) is 11.9. The lowest BCUT2D eigenvalue weighted by molar-refractivity contribution is 0.398. The quantitative estimate of drug-likeness (QED) is 0.486. The van der Waals surface area contributed by atoms with E-state index in [0.29, 0.717) is 12.5 Å². The van der Waals surface area contributed by atoms with Crippen LogP contribution >= 0.6 is 0 Å². The van der Waals surface area contributed by atoms with E-state index < -0.39 is 28.8 Å². The van der Waals surface area contributed by atoms with E-state index in [1.807, 2.05) is 0 Å². The minimum Gasteiger partial charge on any atom is -0.326 e. The summed E-state index contributed by atoms with van der Waals surface area (Å²) in [6.07, 6.45) is 0.401. The molecule has 0 bridgehead atoms. The monoisotopic (exact) mass is 235 g/mol. The highest BCUT2D eigenvalue weighted by molar-refractivity contribution is 5.22. The fourth-order valence-electron chi connectivity index (χ4n) is 1.26. The van der Waals surface area contributed by atoms with E-state index in [0.717, 1.165) is 0 Å². The zero-order chi connectivity index (χ0) is 12.5. The van der Waals surface area contributed by atoms with Gasteiger partial charge in [-0.2, -0.15) is 0 Å². The Labute approximate surface area is 91.3 Å². The van der Waals surface area contributed by atoms with Crippen LogP contribution in [0.25, 0.3) is 0 Å². The lowest BCUT2D eigenvalue weighted by Gasteiger charge is -2.18. The average Bonchev–Trinajstić information content (AvgIpc) is 2.17. The van der Waals surface area contributed by atoms with E-state index in [4.69, 9.17) is 5.73 Å². The molecule has 0 aliphatic heterocycles. The zero-order valence-electron chi connectivity index (χ0n) is 9.08. The van der Waals surface area contributed by atoms with Gasteiger partial charge in [0.05, 0.1) is 0 Å². The van der Waals surface area contributed by atoms with Crippen LogP contribution < -0.4 is 5.73 Å². The number of nitrogens with two attached hydrogens (primary N) is 1. The highest BCUT2D eigenvalue weighted by atomic mass is 19.2. The third kappa shape index (κ3) is 2.95. The summed E-state index contributed by atoms with van der Waals surface area (Å²) in [4.78, 5) is 0. The average molecular weight is 235 g/mol. The fraction of sp³-hybridized carbons (Fsp3) is 0.455. The lowest BCUT2D eigenvalue weighted by atomic mass is 9.96. The van der Waals surface area contributed by atoms with E-state index in [1.54, 1.807) is 13.8 Å². The molecule has 0 saturated carbocycles. The van der Waals surface area contributed by atoms with Crippen molar-refractivity contribution in [2.45, 2.75) is 32.2 Å². The van der Waals surface area contributed by atoms with Crippen molar-refractivity contribution in [3.63, 3.8) is 0 Å². The smallest absolute Gasteiger partial charge is 0.197 e. The van der Waals surface area contributed by atoms with E-state index in [1.165, 1.54) is 0 Å². The van der Waals surface area contributed by atoms with Gasteiger partial charge in [0.2, 0.25) is 0 Å². The molecule has 90 valence electrons. The number of rotatable bonds is 3. The Morgan fingerprint density at radius 2 is 1.62 bits per heavy atom. The summed E-state index contributed by atoms with van der Waals surface area (Å²) in [5.74, 6) is -6.29. The van der Waals surface area contributed by atoms with Crippen LogP contribution in [0.3, 0.4) is 0 Å². The van der Waals surface area contributed by atoms with Gasteiger partial charge in [-0.25, -0.2) is 17.6 Å². The van der Waals surface area contributed by atoms with Crippen molar-refractivity contribution in [2.24, 2.45) is 5.73 Å². The van der Waals surface area contributed by atoms with Crippen LogP contribution in [0.15, 0.2) is 6.07 Å². The summed E-state index contributed by atoms with van der Waals surface area (Å²) >= 11 is 0. The molecule has 0 fully saturated rings. The molecular formula is C11H13F4N. The van der Waals surface area contributed by atoms with E-state index in [-0.39, 0.29) is 12.0 Å². The first kappa shape index (κ1) is 13.0. The minimum absolute atomic E-state index is 0.0590. The molecule has 0 radical (unpaired) electrons. The predicted molar refractivity (Wildman–Crippen MR) is 52.9 cm³/mol. The predicted octanol–water partition coefficient (Wildman–Crippen LogP) is 2.91. The summed E-state index contributed by atoms with van der Waals surface area (Å²) in [5.41, 5.74) is 4.88. The first-order chi connectivity index (χ1) is 7.22. The maximum absolute atomic E-state index is 13.2. The zero-order valence-corrected chi connectivity index (χ0v) is 9.08. The second-order valence-corrected chi connectivity index (χ2v) is 4.45. The molecule has 0 atom stereocenters. The van der Waals surface area contributed by atoms with Gasteiger partial charge < -0.3 is 5.73 Å². The van der Waals surface area contributed by atoms with Crippen LogP contribution in [0.1, 0.15) is 25.8 Å². The number of hydrogen-bond acceptors (Lipinski definition) is 1. The third-order valence-corrected chi connectivity index (χ3v) is 2.22. The van der Waals surface area contributed by atoms with Crippen LogP contribution in [0, 0.1) is 23.3 Å². The van der Waals surface area contributed by atoms with Crippen molar-refractivity contribution in [1.29, 1.82) is 0 Å². The van der Waals surface area contributed by atoms with Gasteiger partial charge in [-0.05, 0) is 38.3 Å². The Morgan fingerprint density at radius 1 is 1.06 bits per heavy atom. The molecule has 1 rings (SSSR count). The van der Waals surface area contributed by atoms with Crippen LogP contribution in [0.5, 0.6) is 0 Å². The molecule has 1 aromatic carbocycles. The van der Waals surface area contributed by atoms with Gasteiger partial charge in [-0.3, -0.25) is 0 Å². The summed E-state index contributed by atoms with van der Waals surface area (Å²) < 4.78 is 51.5. The van der Waals surface area contributed by atoms with Gasteiger partial charge in [0, 0.05) is 5.54 Å². The SMILES string of the molecule is CC(C)(N)CCc1cc(F)c(F)c(F)c1F. The lowest BCUT2D eigenvalue weighted by Crippen LogP contribution is -2.32. The van der Waals surface area contributed by atoms with Crippen molar-refractivity contribution in [3.8, 4) is 0 Å². The van der Waals surface area contributed by atoms with Gasteiger partial charge in [0.25, 0.3) is 0 Å². The van der Waals surface area contributed by atoms with E-state index in [2.05, 4.69) is 0 Å². The van der Waals surface area contributed by atoms with Gasteiger partial charge >= 0.3 is 0 Å². The summed E-state index contributed by atoms with van der Waals surface area (Å²) in [6.45, 7) is 3.42. The van der Waals surface area contributed by atoms with E-state index >= 15 is 0 Å². The molecule has 0 spiro atoms. The molecule has 0 unspecified atom stereocenters. The molecular weight excluding hydrogens is 222 g/mol. The van der Waals surface area contributed by atoms with Crippen molar-refractivity contribution in [1.82, 2.24) is 0 Å². The summed E-state index contributed by atoms with van der Waals surface area (Å²) in [5, 5.41) is 0. The molecule has 0 aliphatic rings. The standard InChI is InChI=1S/C11H13F4N/c1-11(2,16)4-3-6-5-7(12)9(14)10(15)8(6)13/h5H,3-4,16H2,1-2H3. The maximum atomic E-state index is 13.2. The molecule has 5 heteroatoms. The Morgan fingerprint density at radius 3 is 2.12 bits per heavy atom. The van der Waals surface area contributed by atoms with Gasteiger partial charge in [0.15, 0.2) is 23.3 Å². The number of hydrogen-bond donors (Lipinski definition) is 1. The molecule has 16 heavy (non-hydrogen) atoms. The van der Waals surface area contributed by atoms with E-state index in [9.17, 15) is 17.6 Å². The Balaban J connectivity index is 2.98. The summed E-state index contributed by atoms with van der Waals surface area (Å²) in [7, 11) is 0. The van der Waals surface area contributed by atoms with Crippen LogP contribution in [0.4, 0.5) is 17.6 Å². The van der Waals surface area contributed by atoms with Crippen LogP contribution in [-0.2, 0) is 6.42 Å². The van der Waals surface area contributed by atoms with Crippen molar-refractivity contribution < 1.29 is 17.6 Å². The molecule has 0 heterocycles. The minimum atomic E-state index is -1.78. The van der Waals surface area contributed by atoms with Crippen molar-refractivity contribution in [3.05, 3.63) is 34.9 Å². The van der Waals surface area contributed by atoms with Gasteiger partial charge in [0.1, 0.15) is 0 Å². The Hall–Kier alpha value is -1.10. The number of benzene rings is 1. The third-order valence-electron chi connectivity index (χ3n) is 2.22. The summed E-state index contributed by atoms with van der Waals surface area (Å²) in [6, 6.07) is 0.666. The molecule has 1 aromatic rings. The molecule has 2 N–H and O–H groups in total. The highest BCUT2D eigenvalue weighted by Crippen LogP contribution is 2.21. The van der Waals surface area contributed by atoms with Gasteiger partial charge in [-0.15, -0.1) is 0 Å². The van der Waals surface area contributed by atoms with Gasteiger partial charge in [-0.1, -0.05) is 0 Å². The number of aryl methyl sites for hydroxylation is 1. The van der Waals surface area contributed by atoms with Crippen molar-refractivity contribution in [2.75, 3.05) is 0 Å². The van der Waals surface area contributed by atoms with Crippen LogP contribution in [0.2, 0.25) is 0 Å². The second kappa shape index (κ2) is 4.41. The molecule has 0 saturated heterocycles. The molecule has 0 amide bonds. The fourth-order valence-corrected chi connectivity index (χ4v) is 1.26. The second-order valence-electron chi connectivity index (χ2n) is 4.45. The largest absolute Gasteiger partial charge is 0.326 e. The maximum Gasteiger partial charge on any atom is 0.197 e. The highest BCUT2D eigenvalue weighted by Gasteiger charge is 2.20. The Kier molecular flexibility index (Phi) is 3.57. The first-order valence-corrected chi connectivity index (χ1v) is 4.83. The number of halogens is 4. The molecule has 0 aromatic heterocycles.